The van der Waals surface area contributed by atoms with Gasteiger partial charge in [-0.2, -0.15) is 0 Å². The minimum absolute atomic E-state index is 0.0304. The van der Waals surface area contributed by atoms with E-state index in [4.69, 9.17) is 5.73 Å². The molecule has 1 aromatic rings. The Kier molecular flexibility index (Phi) is 5.49. The predicted octanol–water partition coefficient (Wildman–Crippen LogP) is 1.14. The quantitative estimate of drug-likeness (QED) is 0.856. The van der Waals surface area contributed by atoms with Crippen LogP contribution in [0, 0.1) is 11.7 Å². The molecule has 2 atom stereocenters. The minimum Gasteiger partial charge on any atom is -0.352 e. The lowest BCUT2D eigenvalue weighted by Gasteiger charge is -2.21. The molecule has 6 heteroatoms. The molecule has 2 amide bonds. The Morgan fingerprint density at radius 3 is 2.64 bits per heavy atom. The van der Waals surface area contributed by atoms with Crippen LogP contribution in [0.2, 0.25) is 0 Å². The summed E-state index contributed by atoms with van der Waals surface area (Å²) in [5, 5.41) is 2.68. The standard InChI is InChI=1S/C16H22FN3O2/c1-11-8-12(9-18)10-20(11)15(21)6-7-19-16(22)13-2-4-14(17)5-3-13/h2-5,11-12H,6-10,18H2,1H3,(H,19,22). The topological polar surface area (TPSA) is 75.4 Å². The van der Waals surface area contributed by atoms with Crippen molar-refractivity contribution in [2.45, 2.75) is 25.8 Å². The van der Waals surface area contributed by atoms with Crippen LogP contribution in [0.15, 0.2) is 24.3 Å². The van der Waals surface area contributed by atoms with Gasteiger partial charge in [-0.25, -0.2) is 4.39 Å². The zero-order valence-electron chi connectivity index (χ0n) is 12.7. The molecule has 0 saturated carbocycles. The van der Waals surface area contributed by atoms with Crippen LogP contribution in [-0.4, -0.2) is 42.4 Å². The highest BCUT2D eigenvalue weighted by Gasteiger charge is 2.31. The molecule has 2 unspecified atom stereocenters. The lowest BCUT2D eigenvalue weighted by molar-refractivity contribution is -0.131. The van der Waals surface area contributed by atoms with Gasteiger partial charge in [-0.05, 0) is 50.1 Å². The number of likely N-dealkylation sites (tertiary alicyclic amines) is 1. The first kappa shape index (κ1) is 16.4. The van der Waals surface area contributed by atoms with Crippen LogP contribution in [0.25, 0.3) is 0 Å². The molecule has 2 rings (SSSR count). The van der Waals surface area contributed by atoms with Gasteiger partial charge in [-0.3, -0.25) is 9.59 Å². The van der Waals surface area contributed by atoms with E-state index in [1.54, 1.807) is 0 Å². The van der Waals surface area contributed by atoms with Crippen molar-refractivity contribution in [1.29, 1.82) is 0 Å². The molecule has 22 heavy (non-hydrogen) atoms. The fraction of sp³-hybridized carbons (Fsp3) is 0.500. The molecule has 0 bridgehead atoms. The third-order valence-corrected chi connectivity index (χ3v) is 4.05. The van der Waals surface area contributed by atoms with E-state index < -0.39 is 0 Å². The third-order valence-electron chi connectivity index (χ3n) is 4.05. The number of hydrogen-bond acceptors (Lipinski definition) is 3. The second kappa shape index (κ2) is 7.35. The van der Waals surface area contributed by atoms with E-state index in [2.05, 4.69) is 5.32 Å². The maximum atomic E-state index is 12.8. The smallest absolute Gasteiger partial charge is 0.251 e. The molecule has 1 saturated heterocycles. The summed E-state index contributed by atoms with van der Waals surface area (Å²) in [6.07, 6.45) is 1.19. The van der Waals surface area contributed by atoms with Crippen LogP contribution in [0.4, 0.5) is 4.39 Å². The van der Waals surface area contributed by atoms with E-state index in [0.29, 0.717) is 24.6 Å². The largest absolute Gasteiger partial charge is 0.352 e. The average molecular weight is 307 g/mol. The summed E-state index contributed by atoms with van der Waals surface area (Å²) in [5.41, 5.74) is 6.03. The number of nitrogens with two attached hydrogens (primary N) is 1. The SMILES string of the molecule is CC1CC(CN)CN1C(=O)CCNC(=O)c1ccc(F)cc1. The predicted molar refractivity (Wildman–Crippen MR) is 81.7 cm³/mol. The van der Waals surface area contributed by atoms with Gasteiger partial charge in [-0.15, -0.1) is 0 Å². The molecular formula is C16H22FN3O2. The first-order valence-corrected chi connectivity index (χ1v) is 7.54. The number of amides is 2. The average Bonchev–Trinajstić information content (AvgIpc) is 2.89. The molecule has 0 aromatic heterocycles. The number of nitrogens with zero attached hydrogens (tertiary/aromatic N) is 1. The lowest BCUT2D eigenvalue weighted by atomic mass is 10.1. The van der Waals surface area contributed by atoms with Crippen molar-refractivity contribution < 1.29 is 14.0 Å². The second-order valence-electron chi connectivity index (χ2n) is 5.75. The number of carbonyl (C=O) groups excluding carboxylic acids is 2. The Hall–Kier alpha value is -1.95. The molecule has 1 aromatic carbocycles. The summed E-state index contributed by atoms with van der Waals surface area (Å²) in [6.45, 7) is 3.58. The van der Waals surface area contributed by atoms with E-state index in [0.717, 1.165) is 6.42 Å². The molecule has 1 heterocycles. The van der Waals surface area contributed by atoms with E-state index in [-0.39, 0.29) is 36.6 Å². The number of benzene rings is 1. The fourth-order valence-corrected chi connectivity index (χ4v) is 2.79. The minimum atomic E-state index is -0.385. The Morgan fingerprint density at radius 2 is 2.05 bits per heavy atom. The molecule has 120 valence electrons. The summed E-state index contributed by atoms with van der Waals surface area (Å²) in [4.78, 5) is 25.8. The van der Waals surface area contributed by atoms with Gasteiger partial charge >= 0.3 is 0 Å². The maximum Gasteiger partial charge on any atom is 0.251 e. The van der Waals surface area contributed by atoms with Gasteiger partial charge in [0.15, 0.2) is 0 Å². The molecule has 5 nitrogen and oxygen atoms in total. The van der Waals surface area contributed by atoms with Crippen LogP contribution in [0.3, 0.4) is 0 Å². The van der Waals surface area contributed by atoms with Crippen LogP contribution < -0.4 is 11.1 Å². The van der Waals surface area contributed by atoms with E-state index in [9.17, 15) is 14.0 Å². The molecule has 0 spiro atoms. The van der Waals surface area contributed by atoms with Crippen molar-refractivity contribution in [3.63, 3.8) is 0 Å². The summed E-state index contributed by atoms with van der Waals surface area (Å²) >= 11 is 0. The van der Waals surface area contributed by atoms with Crippen molar-refractivity contribution >= 4 is 11.8 Å². The second-order valence-corrected chi connectivity index (χ2v) is 5.75. The Balaban J connectivity index is 1.77. The summed E-state index contributed by atoms with van der Waals surface area (Å²) < 4.78 is 12.8. The Bertz CT molecular complexity index is 533. The molecule has 0 aliphatic carbocycles. The van der Waals surface area contributed by atoms with E-state index >= 15 is 0 Å². The van der Waals surface area contributed by atoms with Gasteiger partial charge in [0, 0.05) is 31.1 Å². The van der Waals surface area contributed by atoms with Gasteiger partial charge in [0.2, 0.25) is 5.91 Å². The zero-order chi connectivity index (χ0) is 16.1. The zero-order valence-corrected chi connectivity index (χ0v) is 12.7. The fourth-order valence-electron chi connectivity index (χ4n) is 2.79. The van der Waals surface area contributed by atoms with Crippen molar-refractivity contribution in [1.82, 2.24) is 10.2 Å². The van der Waals surface area contributed by atoms with Crippen molar-refractivity contribution in [3.05, 3.63) is 35.6 Å². The molecule has 1 aliphatic rings. The molecule has 1 fully saturated rings. The van der Waals surface area contributed by atoms with Gasteiger partial charge in [-0.1, -0.05) is 0 Å². The van der Waals surface area contributed by atoms with Crippen LogP contribution in [-0.2, 0) is 4.79 Å². The first-order valence-electron chi connectivity index (χ1n) is 7.54. The Labute approximate surface area is 129 Å². The van der Waals surface area contributed by atoms with E-state index in [1.165, 1.54) is 24.3 Å². The first-order chi connectivity index (χ1) is 10.5. The molecular weight excluding hydrogens is 285 g/mol. The van der Waals surface area contributed by atoms with Crippen molar-refractivity contribution in [3.8, 4) is 0 Å². The highest BCUT2D eigenvalue weighted by Crippen LogP contribution is 2.22. The van der Waals surface area contributed by atoms with Crippen LogP contribution in [0.1, 0.15) is 30.1 Å². The monoisotopic (exact) mass is 307 g/mol. The third kappa shape index (κ3) is 4.04. The number of hydrogen-bond donors (Lipinski definition) is 2. The van der Waals surface area contributed by atoms with Gasteiger partial charge in [0.1, 0.15) is 5.82 Å². The Morgan fingerprint density at radius 1 is 1.36 bits per heavy atom. The highest BCUT2D eigenvalue weighted by molar-refractivity contribution is 5.94. The summed E-state index contributed by atoms with van der Waals surface area (Å²) in [7, 11) is 0. The highest BCUT2D eigenvalue weighted by atomic mass is 19.1. The number of nitrogens with one attached hydrogen (secondary N) is 1. The van der Waals surface area contributed by atoms with Gasteiger partial charge < -0.3 is 16.0 Å². The maximum absolute atomic E-state index is 12.8. The van der Waals surface area contributed by atoms with Crippen LogP contribution >= 0.6 is 0 Å². The summed E-state index contributed by atoms with van der Waals surface area (Å²) in [5.74, 6) is -0.290. The van der Waals surface area contributed by atoms with Crippen molar-refractivity contribution in [2.24, 2.45) is 11.7 Å². The lowest BCUT2D eigenvalue weighted by Crippen LogP contribution is -2.37. The van der Waals surface area contributed by atoms with Crippen LogP contribution in [0.5, 0.6) is 0 Å². The molecule has 0 radical (unpaired) electrons. The van der Waals surface area contributed by atoms with E-state index in [1.807, 2.05) is 11.8 Å². The molecule has 1 aliphatic heterocycles. The normalized spacial score (nSPS) is 21.0. The van der Waals surface area contributed by atoms with Crippen molar-refractivity contribution in [2.75, 3.05) is 19.6 Å². The number of carbonyl (C=O) groups is 2. The number of rotatable bonds is 5. The van der Waals surface area contributed by atoms with Gasteiger partial charge in [0.05, 0.1) is 0 Å². The molecule has 3 N–H and O–H groups in total. The summed E-state index contributed by atoms with van der Waals surface area (Å²) in [6, 6.07) is 5.51. The number of halogens is 1. The van der Waals surface area contributed by atoms with Gasteiger partial charge in [0.25, 0.3) is 5.91 Å².